The molecule has 0 aliphatic heterocycles. The maximum Gasteiger partial charge on any atom is 0.331 e. The van der Waals surface area contributed by atoms with Gasteiger partial charge in [-0.15, -0.1) is 0 Å². The van der Waals surface area contributed by atoms with Gasteiger partial charge in [-0.25, -0.2) is 4.79 Å². The quantitative estimate of drug-likeness (QED) is 0.460. The van der Waals surface area contributed by atoms with Crippen LogP contribution in [-0.2, 0) is 4.79 Å². The molecule has 1 aromatic rings. The van der Waals surface area contributed by atoms with Crippen LogP contribution in [0, 0.1) is 0 Å². The van der Waals surface area contributed by atoms with Crippen molar-refractivity contribution >= 4 is 12.0 Å². The molecule has 0 aromatic heterocycles. The van der Waals surface area contributed by atoms with Crippen molar-refractivity contribution in [1.29, 1.82) is 0 Å². The predicted molar refractivity (Wildman–Crippen MR) is 75.3 cm³/mol. The van der Waals surface area contributed by atoms with E-state index in [9.17, 15) is 4.79 Å². The van der Waals surface area contributed by atoms with Gasteiger partial charge >= 0.3 is 5.97 Å². The van der Waals surface area contributed by atoms with Gasteiger partial charge in [-0.2, -0.15) is 0 Å². The fourth-order valence-corrected chi connectivity index (χ4v) is 1.67. The number of allylic oxidation sites excluding steroid dienone is 2. The average Bonchev–Trinajstić information content (AvgIpc) is 2.33. The van der Waals surface area contributed by atoms with Crippen LogP contribution >= 0.6 is 0 Å². The van der Waals surface area contributed by atoms with Crippen LogP contribution in [0.4, 0.5) is 0 Å². The van der Waals surface area contributed by atoms with Gasteiger partial charge in [0.1, 0.15) is 0 Å². The molecule has 0 fully saturated rings. The van der Waals surface area contributed by atoms with E-state index in [1.807, 2.05) is 30.3 Å². The zero-order valence-electron chi connectivity index (χ0n) is 11.0. The van der Waals surface area contributed by atoms with Gasteiger partial charge in [0.05, 0.1) is 0 Å². The summed E-state index contributed by atoms with van der Waals surface area (Å²) in [6, 6.07) is 9.58. The van der Waals surface area contributed by atoms with Gasteiger partial charge in [-0.1, -0.05) is 42.0 Å². The molecule has 2 nitrogen and oxygen atoms in total. The molecule has 0 saturated carbocycles. The number of hydrogen-bond acceptors (Lipinski definition) is 1. The highest BCUT2D eigenvalue weighted by molar-refractivity contribution is 5.92. The number of hydrogen-bond donors (Lipinski definition) is 1. The first kappa shape index (κ1) is 14.2. The Morgan fingerprint density at radius 1 is 1.22 bits per heavy atom. The van der Waals surface area contributed by atoms with E-state index in [-0.39, 0.29) is 0 Å². The topological polar surface area (TPSA) is 37.3 Å². The molecule has 18 heavy (non-hydrogen) atoms. The fourth-order valence-electron chi connectivity index (χ4n) is 1.67. The molecule has 2 heteroatoms. The summed E-state index contributed by atoms with van der Waals surface area (Å²) in [6.45, 7) is 4.11. The first-order valence-corrected chi connectivity index (χ1v) is 6.22. The zero-order chi connectivity index (χ0) is 13.4. The molecule has 1 aromatic carbocycles. The summed E-state index contributed by atoms with van der Waals surface area (Å²) in [4.78, 5) is 11.1. The summed E-state index contributed by atoms with van der Waals surface area (Å²) >= 11 is 0. The first-order chi connectivity index (χ1) is 8.59. The van der Waals surface area contributed by atoms with Crippen LogP contribution in [0.3, 0.4) is 0 Å². The van der Waals surface area contributed by atoms with Crippen molar-refractivity contribution in [2.24, 2.45) is 0 Å². The van der Waals surface area contributed by atoms with Gasteiger partial charge < -0.3 is 5.11 Å². The molecule has 1 rings (SSSR count). The summed E-state index contributed by atoms with van der Waals surface area (Å²) in [6.07, 6.45) is 6.30. The Balaban J connectivity index is 2.64. The van der Waals surface area contributed by atoms with Crippen LogP contribution in [-0.4, -0.2) is 11.1 Å². The van der Waals surface area contributed by atoms with Gasteiger partial charge in [0.25, 0.3) is 0 Å². The molecule has 0 bridgehead atoms. The van der Waals surface area contributed by atoms with Crippen LogP contribution in [0.25, 0.3) is 6.08 Å². The maximum atomic E-state index is 11.1. The van der Waals surface area contributed by atoms with E-state index in [4.69, 9.17) is 5.11 Å². The SMILES string of the molecule is CC(C)=CCCC/C(=C\c1ccccc1)C(=O)O. The second kappa shape index (κ2) is 7.49. The third-order valence-electron chi connectivity index (χ3n) is 2.62. The van der Waals surface area contributed by atoms with E-state index in [1.165, 1.54) is 5.57 Å². The second-order valence-corrected chi connectivity index (χ2v) is 4.56. The lowest BCUT2D eigenvalue weighted by molar-refractivity contribution is -0.132. The predicted octanol–water partition coefficient (Wildman–Crippen LogP) is 4.29. The largest absolute Gasteiger partial charge is 0.478 e. The highest BCUT2D eigenvalue weighted by Gasteiger charge is 2.06. The Labute approximate surface area is 109 Å². The number of aliphatic carboxylic acids is 1. The standard InChI is InChI=1S/C16H20O2/c1-13(2)8-6-7-11-15(16(17)18)12-14-9-4-3-5-10-14/h3-5,8-10,12H,6-7,11H2,1-2H3,(H,17,18)/b15-12+. The minimum absolute atomic E-state index is 0.475. The lowest BCUT2D eigenvalue weighted by atomic mass is 10.0. The van der Waals surface area contributed by atoms with Gasteiger partial charge in [-0.05, 0) is 44.7 Å². The number of carboxylic acids is 1. The van der Waals surface area contributed by atoms with Crippen LogP contribution in [0.15, 0.2) is 47.6 Å². The van der Waals surface area contributed by atoms with Crippen molar-refractivity contribution in [3.8, 4) is 0 Å². The van der Waals surface area contributed by atoms with E-state index in [0.717, 1.165) is 18.4 Å². The van der Waals surface area contributed by atoms with Crippen molar-refractivity contribution in [1.82, 2.24) is 0 Å². The number of unbranched alkanes of at least 4 members (excludes halogenated alkanes) is 1. The number of rotatable bonds is 6. The van der Waals surface area contributed by atoms with E-state index in [1.54, 1.807) is 6.08 Å². The molecule has 96 valence electrons. The van der Waals surface area contributed by atoms with Crippen molar-refractivity contribution < 1.29 is 9.90 Å². The van der Waals surface area contributed by atoms with Crippen LogP contribution in [0.2, 0.25) is 0 Å². The van der Waals surface area contributed by atoms with E-state index in [0.29, 0.717) is 12.0 Å². The summed E-state index contributed by atoms with van der Waals surface area (Å²) in [5.41, 5.74) is 2.69. The molecule has 1 N–H and O–H groups in total. The second-order valence-electron chi connectivity index (χ2n) is 4.56. The number of carboxylic acid groups (broad SMARTS) is 1. The van der Waals surface area contributed by atoms with Gasteiger partial charge in [0.15, 0.2) is 0 Å². The molecular formula is C16H20O2. The highest BCUT2D eigenvalue weighted by Crippen LogP contribution is 2.14. The Hall–Kier alpha value is -1.83. The molecule has 0 radical (unpaired) electrons. The summed E-state index contributed by atoms with van der Waals surface area (Å²) in [5.74, 6) is -0.823. The molecule has 0 amide bonds. The maximum absolute atomic E-state index is 11.1. The molecule has 0 heterocycles. The third-order valence-corrected chi connectivity index (χ3v) is 2.62. The van der Waals surface area contributed by atoms with Crippen LogP contribution in [0.1, 0.15) is 38.7 Å². The van der Waals surface area contributed by atoms with Crippen molar-refractivity contribution in [2.45, 2.75) is 33.1 Å². The summed E-state index contributed by atoms with van der Waals surface area (Å²) < 4.78 is 0. The number of carbonyl (C=O) groups is 1. The fraction of sp³-hybridized carbons (Fsp3) is 0.312. The van der Waals surface area contributed by atoms with Gasteiger partial charge in [0, 0.05) is 5.57 Å². The average molecular weight is 244 g/mol. The Bertz CT molecular complexity index is 437. The monoisotopic (exact) mass is 244 g/mol. The minimum Gasteiger partial charge on any atom is -0.478 e. The summed E-state index contributed by atoms with van der Waals surface area (Å²) in [7, 11) is 0. The smallest absolute Gasteiger partial charge is 0.331 e. The van der Waals surface area contributed by atoms with Crippen molar-refractivity contribution in [2.75, 3.05) is 0 Å². The van der Waals surface area contributed by atoms with Gasteiger partial charge in [-0.3, -0.25) is 0 Å². The molecule has 0 atom stereocenters. The molecule has 0 saturated heterocycles. The molecule has 0 aliphatic carbocycles. The van der Waals surface area contributed by atoms with Crippen molar-refractivity contribution in [3.05, 3.63) is 53.1 Å². The summed E-state index contributed by atoms with van der Waals surface area (Å²) in [5, 5.41) is 9.16. The first-order valence-electron chi connectivity index (χ1n) is 6.22. The van der Waals surface area contributed by atoms with Crippen molar-refractivity contribution in [3.63, 3.8) is 0 Å². The van der Waals surface area contributed by atoms with Gasteiger partial charge in [0.2, 0.25) is 0 Å². The van der Waals surface area contributed by atoms with Crippen LogP contribution < -0.4 is 0 Å². The Morgan fingerprint density at radius 2 is 1.89 bits per heavy atom. The minimum atomic E-state index is -0.823. The van der Waals surface area contributed by atoms with E-state index >= 15 is 0 Å². The zero-order valence-corrected chi connectivity index (χ0v) is 11.0. The van der Waals surface area contributed by atoms with Crippen LogP contribution in [0.5, 0.6) is 0 Å². The van der Waals surface area contributed by atoms with E-state index < -0.39 is 5.97 Å². The lowest BCUT2D eigenvalue weighted by Gasteiger charge is -2.02. The molecular weight excluding hydrogens is 224 g/mol. The lowest BCUT2D eigenvalue weighted by Crippen LogP contribution is -2.00. The number of benzene rings is 1. The molecule has 0 aliphatic rings. The van der Waals surface area contributed by atoms with E-state index in [2.05, 4.69) is 19.9 Å². The normalized spacial score (nSPS) is 11.1. The molecule has 0 unspecified atom stereocenters. The Morgan fingerprint density at radius 3 is 2.44 bits per heavy atom. The molecule has 0 spiro atoms. The third kappa shape index (κ3) is 5.48. The Kier molecular flexibility index (Phi) is 5.92. The highest BCUT2D eigenvalue weighted by atomic mass is 16.4.